The number of nitrogens with zero attached hydrogens (tertiary/aromatic N) is 1. The molecule has 0 aromatic heterocycles. The van der Waals surface area contributed by atoms with Gasteiger partial charge in [-0.1, -0.05) is 36.9 Å². The van der Waals surface area contributed by atoms with Crippen molar-refractivity contribution in [3.05, 3.63) is 112 Å². The molecule has 2 aliphatic rings. The van der Waals surface area contributed by atoms with Crippen LogP contribution in [0.4, 0.5) is 21.5 Å². The third-order valence-corrected chi connectivity index (χ3v) is 5.08. The standard InChI is InChI=1S/C26H23FN4O/c1-16-9-12-21(30-18(3)29-20-13-10-19(27)11-14-20)15-24(16)28-17(2)25-22-7-5-4-6-8-23(22)31-26(25)32/h4-15,29-30H,3H2,1-2H3,(H,31,32). The molecule has 0 amide bonds. The van der Waals surface area contributed by atoms with Gasteiger partial charge in [0, 0.05) is 22.6 Å². The molecular weight excluding hydrogens is 403 g/mol. The first kappa shape index (κ1) is 21.1. The lowest BCUT2D eigenvalue weighted by atomic mass is 10.1. The number of hydrogen-bond donors (Lipinski definition) is 3. The number of hydrogen-bond acceptors (Lipinski definition) is 4. The van der Waals surface area contributed by atoms with Crippen molar-refractivity contribution in [2.45, 2.75) is 13.8 Å². The van der Waals surface area contributed by atoms with Gasteiger partial charge in [-0.25, -0.2) is 4.39 Å². The number of aryl methyl sites for hydroxylation is 1. The second-order valence-electron chi connectivity index (χ2n) is 7.50. The van der Waals surface area contributed by atoms with Crippen molar-refractivity contribution in [2.75, 3.05) is 10.6 Å². The molecule has 160 valence electrons. The van der Waals surface area contributed by atoms with Crippen LogP contribution >= 0.6 is 0 Å². The van der Waals surface area contributed by atoms with Crippen LogP contribution in [0.1, 0.15) is 18.1 Å². The zero-order valence-corrected chi connectivity index (χ0v) is 17.9. The van der Waals surface area contributed by atoms with Gasteiger partial charge in [0.15, 0.2) is 0 Å². The molecular formula is C26H23FN4O. The first-order valence-electron chi connectivity index (χ1n) is 10.2. The van der Waals surface area contributed by atoms with E-state index in [0.29, 0.717) is 17.1 Å². The predicted octanol–water partition coefficient (Wildman–Crippen LogP) is 6.06. The third kappa shape index (κ3) is 4.59. The molecule has 0 saturated carbocycles. The summed E-state index contributed by atoms with van der Waals surface area (Å²) in [5, 5.41) is 6.28. The van der Waals surface area contributed by atoms with Crippen molar-refractivity contribution < 1.29 is 4.39 Å². The van der Waals surface area contributed by atoms with Crippen LogP contribution in [0, 0.1) is 12.7 Å². The number of halogens is 1. The largest absolute Gasteiger partial charge is 0.342 e. The fourth-order valence-electron chi connectivity index (χ4n) is 3.50. The molecule has 0 radical (unpaired) electrons. The van der Waals surface area contributed by atoms with Gasteiger partial charge in [0.25, 0.3) is 5.56 Å². The third-order valence-electron chi connectivity index (χ3n) is 5.08. The molecule has 0 spiro atoms. The monoisotopic (exact) mass is 426 g/mol. The lowest BCUT2D eigenvalue weighted by Crippen LogP contribution is -2.10. The smallest absolute Gasteiger partial charge is 0.258 e. The maximum absolute atomic E-state index is 13.1. The van der Waals surface area contributed by atoms with Gasteiger partial charge in [-0.2, -0.15) is 0 Å². The van der Waals surface area contributed by atoms with Crippen LogP contribution in [0.15, 0.2) is 95.0 Å². The molecule has 0 saturated heterocycles. The highest BCUT2D eigenvalue weighted by molar-refractivity contribution is 6.05. The highest BCUT2D eigenvalue weighted by Crippen LogP contribution is 2.27. The number of H-pyrrole nitrogens is 1. The minimum absolute atomic E-state index is 0.156. The highest BCUT2D eigenvalue weighted by atomic mass is 19.1. The van der Waals surface area contributed by atoms with E-state index in [1.807, 2.05) is 62.4 Å². The predicted molar refractivity (Wildman–Crippen MR) is 130 cm³/mol. The number of aromatic nitrogens is 1. The van der Waals surface area contributed by atoms with Crippen LogP contribution < -0.4 is 16.2 Å². The number of aliphatic imine (C=N–C) groups is 1. The summed E-state index contributed by atoms with van der Waals surface area (Å²) in [4.78, 5) is 20.2. The van der Waals surface area contributed by atoms with Crippen LogP contribution in [0.5, 0.6) is 0 Å². The maximum atomic E-state index is 13.1. The Labute approximate surface area is 185 Å². The van der Waals surface area contributed by atoms with E-state index in [2.05, 4.69) is 22.2 Å². The van der Waals surface area contributed by atoms with Crippen LogP contribution in [-0.2, 0) is 0 Å². The highest BCUT2D eigenvalue weighted by Gasteiger charge is 2.16. The van der Waals surface area contributed by atoms with Crippen molar-refractivity contribution in [1.29, 1.82) is 0 Å². The van der Waals surface area contributed by atoms with Gasteiger partial charge in [0.1, 0.15) is 11.6 Å². The van der Waals surface area contributed by atoms with E-state index in [1.54, 1.807) is 12.1 Å². The number of anilines is 2. The zero-order chi connectivity index (χ0) is 22.7. The summed E-state index contributed by atoms with van der Waals surface area (Å²) in [5.41, 5.74) is 5.89. The quantitative estimate of drug-likeness (QED) is 0.328. The number of benzene rings is 2. The van der Waals surface area contributed by atoms with Gasteiger partial charge in [0.2, 0.25) is 0 Å². The maximum Gasteiger partial charge on any atom is 0.258 e. The fourth-order valence-corrected chi connectivity index (χ4v) is 3.50. The summed E-state index contributed by atoms with van der Waals surface area (Å²) in [6.45, 7) is 7.78. The number of nitrogens with one attached hydrogen (secondary N) is 3. The van der Waals surface area contributed by atoms with E-state index >= 15 is 0 Å². The average Bonchev–Trinajstić information content (AvgIpc) is 2.90. The number of aromatic amines is 1. The van der Waals surface area contributed by atoms with Crippen molar-refractivity contribution in [1.82, 2.24) is 4.98 Å². The molecule has 0 atom stereocenters. The Morgan fingerprint density at radius 1 is 0.969 bits per heavy atom. The Hall–Kier alpha value is -4.19. The van der Waals surface area contributed by atoms with Gasteiger partial charge in [-0.15, -0.1) is 0 Å². The lowest BCUT2D eigenvalue weighted by Gasteiger charge is -2.13. The molecule has 32 heavy (non-hydrogen) atoms. The minimum Gasteiger partial charge on any atom is -0.342 e. The normalized spacial score (nSPS) is 11.4. The molecule has 4 rings (SSSR count). The van der Waals surface area contributed by atoms with Crippen LogP contribution in [-0.4, -0.2) is 10.7 Å². The van der Waals surface area contributed by atoms with E-state index < -0.39 is 0 Å². The van der Waals surface area contributed by atoms with Crippen molar-refractivity contribution >= 4 is 22.8 Å². The molecule has 0 unspecified atom stereocenters. The summed E-state index contributed by atoms with van der Waals surface area (Å²) < 4.78 is 13.1. The van der Waals surface area contributed by atoms with E-state index in [9.17, 15) is 9.18 Å². The molecule has 1 aliphatic carbocycles. The molecule has 3 N–H and O–H groups in total. The fraction of sp³-hybridized carbons (Fsp3) is 0.0769. The Morgan fingerprint density at radius 2 is 1.66 bits per heavy atom. The average molecular weight is 426 g/mol. The molecule has 2 aromatic rings. The zero-order valence-electron chi connectivity index (χ0n) is 17.9. The number of rotatable bonds is 6. The van der Waals surface area contributed by atoms with Gasteiger partial charge in [-0.05, 0) is 61.9 Å². The Morgan fingerprint density at radius 3 is 2.44 bits per heavy atom. The van der Waals surface area contributed by atoms with Crippen LogP contribution in [0.2, 0.25) is 0 Å². The van der Waals surface area contributed by atoms with E-state index in [-0.39, 0.29) is 11.4 Å². The summed E-state index contributed by atoms with van der Waals surface area (Å²) in [7, 11) is 0. The van der Waals surface area contributed by atoms with E-state index in [4.69, 9.17) is 4.99 Å². The molecule has 0 bridgehead atoms. The summed E-state index contributed by atoms with van der Waals surface area (Å²) >= 11 is 0. The first-order chi connectivity index (χ1) is 15.4. The van der Waals surface area contributed by atoms with E-state index in [0.717, 1.165) is 33.9 Å². The number of fused-ring (bicyclic) bond motifs is 1. The minimum atomic E-state index is -0.296. The Bertz CT molecular complexity index is 1340. The molecule has 1 aliphatic heterocycles. The first-order valence-corrected chi connectivity index (χ1v) is 10.2. The Balaban J connectivity index is 1.59. The van der Waals surface area contributed by atoms with Gasteiger partial charge < -0.3 is 15.6 Å². The van der Waals surface area contributed by atoms with Gasteiger partial charge >= 0.3 is 0 Å². The van der Waals surface area contributed by atoms with E-state index in [1.165, 1.54) is 12.1 Å². The second-order valence-corrected chi connectivity index (χ2v) is 7.50. The molecule has 6 heteroatoms. The lowest BCUT2D eigenvalue weighted by molar-refractivity contribution is 0.628. The molecule has 2 aromatic carbocycles. The van der Waals surface area contributed by atoms with Crippen LogP contribution in [0.3, 0.4) is 0 Å². The van der Waals surface area contributed by atoms with Crippen molar-refractivity contribution in [3.63, 3.8) is 0 Å². The van der Waals surface area contributed by atoms with Gasteiger partial charge in [-0.3, -0.25) is 9.79 Å². The van der Waals surface area contributed by atoms with Gasteiger partial charge in [0.05, 0.1) is 17.0 Å². The topological polar surface area (TPSA) is 69.3 Å². The SMILES string of the molecule is C=C(Nc1ccc(F)cc1)Nc1ccc(C)c(N=C(C)c2c3cccccc-3[nH]c2=O)c1. The Kier molecular flexibility index (Phi) is 5.85. The van der Waals surface area contributed by atoms with Crippen LogP contribution in [0.25, 0.3) is 11.3 Å². The van der Waals surface area contributed by atoms with Crippen molar-refractivity contribution in [2.24, 2.45) is 4.99 Å². The summed E-state index contributed by atoms with van der Waals surface area (Å²) in [6, 6.07) is 21.3. The summed E-state index contributed by atoms with van der Waals surface area (Å²) in [5.74, 6) is 0.244. The summed E-state index contributed by atoms with van der Waals surface area (Å²) in [6.07, 6.45) is 0. The second kappa shape index (κ2) is 8.89. The van der Waals surface area contributed by atoms with Crippen molar-refractivity contribution in [3.8, 4) is 11.3 Å². The molecule has 1 heterocycles. The molecule has 5 nitrogen and oxygen atoms in total. The molecule has 0 fully saturated rings.